The number of aromatic nitrogens is 4. The van der Waals surface area contributed by atoms with Crippen LogP contribution in [0, 0.1) is 13.8 Å². The summed E-state index contributed by atoms with van der Waals surface area (Å²) in [6.07, 6.45) is 3.25. The fourth-order valence-electron chi connectivity index (χ4n) is 3.25. The molecule has 0 unspecified atom stereocenters. The molecule has 0 spiro atoms. The Labute approximate surface area is 168 Å². The van der Waals surface area contributed by atoms with Crippen molar-refractivity contribution >= 4 is 17.5 Å². The summed E-state index contributed by atoms with van der Waals surface area (Å²) in [5.41, 5.74) is 5.26. The molecule has 144 valence electrons. The van der Waals surface area contributed by atoms with E-state index in [1.807, 2.05) is 68.4 Å². The molecule has 0 saturated carbocycles. The molecule has 0 N–H and O–H groups in total. The van der Waals surface area contributed by atoms with E-state index >= 15 is 0 Å². The highest BCUT2D eigenvalue weighted by atomic mass is 16.5. The van der Waals surface area contributed by atoms with Gasteiger partial charge in [-0.3, -0.25) is 4.79 Å². The topological polar surface area (TPSA) is 69.4 Å². The Morgan fingerprint density at radius 3 is 2.41 bits per heavy atom. The maximum absolute atomic E-state index is 12.7. The van der Waals surface area contributed by atoms with Crippen molar-refractivity contribution in [2.75, 3.05) is 7.11 Å². The smallest absolute Gasteiger partial charge is 0.207 e. The summed E-state index contributed by atoms with van der Waals surface area (Å²) in [4.78, 5) is 12.7. The molecule has 4 rings (SSSR count). The van der Waals surface area contributed by atoms with E-state index in [1.165, 1.54) is 6.08 Å². The number of nitrogens with zero attached hydrogens (tertiary/aromatic N) is 4. The highest BCUT2D eigenvalue weighted by molar-refractivity contribution is 6.06. The molecule has 2 aromatic heterocycles. The van der Waals surface area contributed by atoms with Crippen LogP contribution in [0.25, 0.3) is 22.9 Å². The third kappa shape index (κ3) is 3.52. The fraction of sp³-hybridized carbons (Fsp3) is 0.130. The number of ether oxygens (including phenoxy) is 1. The number of methoxy groups -OCH3 is 1. The fourth-order valence-corrected chi connectivity index (χ4v) is 3.25. The van der Waals surface area contributed by atoms with Crippen LogP contribution >= 0.6 is 0 Å². The molecule has 2 aromatic carbocycles. The first kappa shape index (κ1) is 18.6. The second kappa shape index (κ2) is 7.67. The van der Waals surface area contributed by atoms with E-state index in [0.717, 1.165) is 28.1 Å². The van der Waals surface area contributed by atoms with E-state index in [1.54, 1.807) is 17.7 Å². The van der Waals surface area contributed by atoms with E-state index in [-0.39, 0.29) is 11.5 Å². The molecule has 6 nitrogen and oxygen atoms in total. The summed E-state index contributed by atoms with van der Waals surface area (Å²) >= 11 is 0. The monoisotopic (exact) mass is 384 g/mol. The lowest BCUT2D eigenvalue weighted by Crippen LogP contribution is -2.10. The van der Waals surface area contributed by atoms with Gasteiger partial charge in [0.25, 0.3) is 0 Å². The Hall–Kier alpha value is -3.80. The number of allylic oxidation sites excluding steroid dienone is 1. The van der Waals surface area contributed by atoms with Gasteiger partial charge in [0, 0.05) is 0 Å². The predicted octanol–water partition coefficient (Wildman–Crippen LogP) is 4.31. The van der Waals surface area contributed by atoms with Crippen molar-refractivity contribution in [1.29, 1.82) is 0 Å². The molecular weight excluding hydrogens is 364 g/mol. The predicted molar refractivity (Wildman–Crippen MR) is 112 cm³/mol. The lowest BCUT2D eigenvalue weighted by atomic mass is 10.1. The Morgan fingerprint density at radius 2 is 1.72 bits per heavy atom. The van der Waals surface area contributed by atoms with Gasteiger partial charge < -0.3 is 4.74 Å². The summed E-state index contributed by atoms with van der Waals surface area (Å²) in [5, 5.41) is 13.1. The number of rotatable bonds is 5. The Kier molecular flexibility index (Phi) is 4.91. The first-order chi connectivity index (χ1) is 14.1. The number of aryl methyl sites for hydroxylation is 2. The van der Waals surface area contributed by atoms with Gasteiger partial charge in [0.05, 0.1) is 24.1 Å². The van der Waals surface area contributed by atoms with Crippen LogP contribution in [-0.2, 0) is 0 Å². The number of benzene rings is 2. The molecule has 2 heterocycles. The molecule has 0 amide bonds. The quantitative estimate of drug-likeness (QED) is 0.379. The normalized spacial score (nSPS) is 11.3. The van der Waals surface area contributed by atoms with Crippen molar-refractivity contribution < 1.29 is 9.53 Å². The van der Waals surface area contributed by atoms with E-state index in [2.05, 4.69) is 15.3 Å². The van der Waals surface area contributed by atoms with Crippen LogP contribution in [0.15, 0.2) is 60.7 Å². The van der Waals surface area contributed by atoms with Crippen LogP contribution in [0.3, 0.4) is 0 Å². The van der Waals surface area contributed by atoms with Crippen molar-refractivity contribution in [3.8, 4) is 16.9 Å². The van der Waals surface area contributed by atoms with E-state index in [0.29, 0.717) is 11.3 Å². The van der Waals surface area contributed by atoms with Gasteiger partial charge in [-0.2, -0.15) is 5.10 Å². The number of fused-ring (bicyclic) bond motifs is 1. The molecule has 29 heavy (non-hydrogen) atoms. The van der Waals surface area contributed by atoms with Crippen LogP contribution in [0.2, 0.25) is 0 Å². The first-order valence-electron chi connectivity index (χ1n) is 9.23. The SMILES string of the molecule is COc1ccc(/C=C/C(=O)c2nnc3c(-c4ccccc4)c(C)nn3c2C)cc1. The van der Waals surface area contributed by atoms with Gasteiger partial charge in [0.1, 0.15) is 5.75 Å². The number of carbonyl (C=O) groups excluding carboxylic acids is 1. The summed E-state index contributed by atoms with van der Waals surface area (Å²) in [6, 6.07) is 17.4. The summed E-state index contributed by atoms with van der Waals surface area (Å²) < 4.78 is 6.84. The minimum atomic E-state index is -0.220. The molecule has 0 atom stereocenters. The van der Waals surface area contributed by atoms with Crippen LogP contribution in [0.5, 0.6) is 5.75 Å². The number of hydrogen-bond donors (Lipinski definition) is 0. The molecule has 0 aliphatic carbocycles. The second-order valence-electron chi connectivity index (χ2n) is 6.67. The van der Waals surface area contributed by atoms with Gasteiger partial charge in [-0.25, -0.2) is 4.52 Å². The average molecular weight is 384 g/mol. The number of ketones is 1. The summed E-state index contributed by atoms with van der Waals surface area (Å²) in [6.45, 7) is 3.76. The van der Waals surface area contributed by atoms with Crippen molar-refractivity contribution in [1.82, 2.24) is 19.8 Å². The molecule has 6 heteroatoms. The number of hydrogen-bond acceptors (Lipinski definition) is 5. The second-order valence-corrected chi connectivity index (χ2v) is 6.67. The van der Waals surface area contributed by atoms with Gasteiger partial charge in [-0.05, 0) is 43.2 Å². The van der Waals surface area contributed by atoms with Gasteiger partial charge in [0.15, 0.2) is 11.3 Å². The molecule has 0 aliphatic heterocycles. The van der Waals surface area contributed by atoms with Crippen LogP contribution < -0.4 is 4.74 Å². The largest absolute Gasteiger partial charge is 0.497 e. The molecule has 4 aromatic rings. The Morgan fingerprint density at radius 1 is 1.00 bits per heavy atom. The number of carbonyl (C=O) groups is 1. The average Bonchev–Trinajstić information content (AvgIpc) is 3.10. The Bertz CT molecular complexity index is 1210. The maximum Gasteiger partial charge on any atom is 0.207 e. The minimum absolute atomic E-state index is 0.220. The zero-order valence-corrected chi connectivity index (χ0v) is 16.5. The van der Waals surface area contributed by atoms with E-state index in [4.69, 9.17) is 4.74 Å². The van der Waals surface area contributed by atoms with Gasteiger partial charge in [-0.1, -0.05) is 48.5 Å². The molecule has 0 fully saturated rings. The molecule has 0 saturated heterocycles. The van der Waals surface area contributed by atoms with Gasteiger partial charge >= 0.3 is 0 Å². The van der Waals surface area contributed by atoms with E-state index in [9.17, 15) is 4.79 Å². The summed E-state index contributed by atoms with van der Waals surface area (Å²) in [7, 11) is 1.62. The lowest BCUT2D eigenvalue weighted by molar-refractivity contribution is 0.104. The van der Waals surface area contributed by atoms with Crippen LogP contribution in [-0.4, -0.2) is 32.7 Å². The van der Waals surface area contributed by atoms with E-state index < -0.39 is 0 Å². The Balaban J connectivity index is 1.68. The standard InChI is InChI=1S/C23H20N4O2/c1-15-21(18-7-5-4-6-8-18)23-25-24-22(16(2)27(23)26-15)20(28)14-11-17-9-12-19(29-3)13-10-17/h4-14H,1-3H3/b14-11+. The van der Waals surface area contributed by atoms with Crippen molar-refractivity contribution in [3.05, 3.63) is 83.3 Å². The maximum atomic E-state index is 12.7. The van der Waals surface area contributed by atoms with Gasteiger partial charge in [-0.15, -0.1) is 10.2 Å². The van der Waals surface area contributed by atoms with Gasteiger partial charge in [0.2, 0.25) is 5.78 Å². The first-order valence-corrected chi connectivity index (χ1v) is 9.23. The van der Waals surface area contributed by atoms with Crippen LogP contribution in [0.4, 0.5) is 0 Å². The van der Waals surface area contributed by atoms with Crippen molar-refractivity contribution in [3.63, 3.8) is 0 Å². The third-order valence-electron chi connectivity index (χ3n) is 4.78. The third-order valence-corrected chi connectivity index (χ3v) is 4.78. The minimum Gasteiger partial charge on any atom is -0.497 e. The van der Waals surface area contributed by atoms with Crippen molar-refractivity contribution in [2.45, 2.75) is 13.8 Å². The molecule has 0 bridgehead atoms. The molecule has 0 aliphatic rings. The molecular formula is C23H20N4O2. The zero-order chi connectivity index (χ0) is 20.4. The highest BCUT2D eigenvalue weighted by Crippen LogP contribution is 2.27. The molecule has 0 radical (unpaired) electrons. The lowest BCUT2D eigenvalue weighted by Gasteiger charge is -2.04. The van der Waals surface area contributed by atoms with Crippen LogP contribution in [0.1, 0.15) is 27.4 Å². The highest BCUT2D eigenvalue weighted by Gasteiger charge is 2.19. The summed E-state index contributed by atoms with van der Waals surface area (Å²) in [5.74, 6) is 0.547. The zero-order valence-electron chi connectivity index (χ0n) is 16.5. The van der Waals surface area contributed by atoms with Crippen molar-refractivity contribution in [2.24, 2.45) is 0 Å².